The minimum Gasteiger partial charge on any atom is -0.484 e. The first-order chi connectivity index (χ1) is 13.1. The molecule has 0 fully saturated rings. The Hall–Kier alpha value is -3.61. The summed E-state index contributed by atoms with van der Waals surface area (Å²) in [7, 11) is 0. The summed E-state index contributed by atoms with van der Waals surface area (Å²) in [5.74, 6) is 0.370. The van der Waals surface area contributed by atoms with Crippen LogP contribution in [0.1, 0.15) is 0 Å². The Labute approximate surface area is 156 Å². The number of amides is 1. The van der Waals surface area contributed by atoms with Crippen molar-refractivity contribution in [1.82, 2.24) is 5.32 Å². The lowest BCUT2D eigenvalue weighted by molar-refractivity contribution is -0.384. The number of hydrogen-bond donors (Lipinski definition) is 2. The van der Waals surface area contributed by atoms with Crippen molar-refractivity contribution in [2.24, 2.45) is 0 Å². The molecule has 0 aromatic heterocycles. The largest absolute Gasteiger partial charge is 0.484 e. The van der Waals surface area contributed by atoms with Crippen LogP contribution in [-0.4, -0.2) is 30.5 Å². The monoisotopic (exact) mass is 365 g/mol. The number of nitrogens with zero attached hydrogens (tertiary/aromatic N) is 1. The highest BCUT2D eigenvalue weighted by Crippen LogP contribution is 2.22. The predicted molar refractivity (Wildman–Crippen MR) is 104 cm³/mol. The van der Waals surface area contributed by atoms with Crippen LogP contribution >= 0.6 is 0 Å². The van der Waals surface area contributed by atoms with E-state index in [1.165, 1.54) is 6.07 Å². The minimum atomic E-state index is -0.446. The summed E-state index contributed by atoms with van der Waals surface area (Å²) in [5.41, 5.74) is 0.424. The van der Waals surface area contributed by atoms with Crippen LogP contribution in [0, 0.1) is 10.1 Å². The Morgan fingerprint density at radius 1 is 0.963 bits per heavy atom. The first kappa shape index (κ1) is 18.2. The molecule has 0 atom stereocenters. The molecule has 0 aliphatic carbocycles. The molecule has 27 heavy (non-hydrogen) atoms. The summed E-state index contributed by atoms with van der Waals surface area (Å²) in [6, 6.07) is 19.9. The van der Waals surface area contributed by atoms with Gasteiger partial charge in [0.2, 0.25) is 0 Å². The van der Waals surface area contributed by atoms with Gasteiger partial charge >= 0.3 is 0 Å². The van der Waals surface area contributed by atoms with Crippen LogP contribution in [0.4, 0.5) is 11.4 Å². The van der Waals surface area contributed by atoms with Crippen LogP contribution in [-0.2, 0) is 4.79 Å². The highest BCUT2D eigenvalue weighted by molar-refractivity contribution is 5.84. The van der Waals surface area contributed by atoms with E-state index in [2.05, 4.69) is 10.6 Å². The fourth-order valence-electron chi connectivity index (χ4n) is 2.64. The summed E-state index contributed by atoms with van der Waals surface area (Å²) in [5, 5.41) is 18.8. The van der Waals surface area contributed by atoms with E-state index in [0.29, 0.717) is 24.5 Å². The molecule has 3 aromatic carbocycles. The lowest BCUT2D eigenvalue weighted by Gasteiger charge is -2.10. The molecule has 3 rings (SSSR count). The highest BCUT2D eigenvalue weighted by atomic mass is 16.6. The number of ether oxygens (including phenoxy) is 1. The molecular formula is C20H19N3O4. The number of nitro groups is 1. The van der Waals surface area contributed by atoms with Gasteiger partial charge in [-0.2, -0.15) is 0 Å². The van der Waals surface area contributed by atoms with Gasteiger partial charge in [-0.25, -0.2) is 0 Å². The van der Waals surface area contributed by atoms with Crippen LogP contribution < -0.4 is 15.4 Å². The Morgan fingerprint density at radius 2 is 1.70 bits per heavy atom. The average Bonchev–Trinajstić information content (AvgIpc) is 2.69. The molecule has 2 N–H and O–H groups in total. The summed E-state index contributed by atoms with van der Waals surface area (Å²) in [6.07, 6.45) is 0. The normalized spacial score (nSPS) is 10.4. The zero-order chi connectivity index (χ0) is 19.1. The van der Waals surface area contributed by atoms with Crippen molar-refractivity contribution in [1.29, 1.82) is 0 Å². The number of rotatable bonds is 8. The maximum absolute atomic E-state index is 11.9. The van der Waals surface area contributed by atoms with Crippen molar-refractivity contribution in [3.63, 3.8) is 0 Å². The van der Waals surface area contributed by atoms with E-state index < -0.39 is 4.92 Å². The topological polar surface area (TPSA) is 93.5 Å². The second-order valence-electron chi connectivity index (χ2n) is 5.85. The molecule has 0 heterocycles. The molecule has 0 radical (unpaired) electrons. The van der Waals surface area contributed by atoms with Gasteiger partial charge in [0.1, 0.15) is 11.4 Å². The van der Waals surface area contributed by atoms with Crippen molar-refractivity contribution >= 4 is 28.1 Å². The standard InChI is InChI=1S/C20H19N3O4/c24-20(14-27-17-10-9-15-5-1-2-6-16(15)13-17)22-12-11-21-18-7-3-4-8-19(18)23(25)26/h1-10,13,21H,11-12,14H2,(H,22,24). The third-order valence-electron chi connectivity index (χ3n) is 3.95. The molecule has 0 bridgehead atoms. The molecule has 3 aromatic rings. The van der Waals surface area contributed by atoms with E-state index in [0.717, 1.165) is 10.8 Å². The molecule has 138 valence electrons. The zero-order valence-electron chi connectivity index (χ0n) is 14.6. The van der Waals surface area contributed by atoms with Crippen LogP contribution in [0.2, 0.25) is 0 Å². The highest BCUT2D eigenvalue weighted by Gasteiger charge is 2.11. The van der Waals surface area contributed by atoms with Gasteiger partial charge < -0.3 is 15.4 Å². The summed E-state index contributed by atoms with van der Waals surface area (Å²) < 4.78 is 5.52. The maximum atomic E-state index is 11.9. The van der Waals surface area contributed by atoms with Gasteiger partial charge in [-0.05, 0) is 29.0 Å². The first-order valence-corrected chi connectivity index (χ1v) is 8.49. The van der Waals surface area contributed by atoms with Crippen LogP contribution in [0.25, 0.3) is 10.8 Å². The van der Waals surface area contributed by atoms with Gasteiger partial charge in [0, 0.05) is 19.2 Å². The number of fused-ring (bicyclic) bond motifs is 1. The van der Waals surface area contributed by atoms with Crippen LogP contribution in [0.15, 0.2) is 66.7 Å². The third-order valence-corrected chi connectivity index (χ3v) is 3.95. The van der Waals surface area contributed by atoms with Gasteiger partial charge in [0.25, 0.3) is 11.6 Å². The Morgan fingerprint density at radius 3 is 2.52 bits per heavy atom. The van der Waals surface area contributed by atoms with Crippen molar-refractivity contribution in [2.75, 3.05) is 25.0 Å². The molecule has 1 amide bonds. The molecule has 0 spiro atoms. The molecule has 0 saturated heterocycles. The third kappa shape index (κ3) is 4.94. The number of nitro benzene ring substituents is 1. The van der Waals surface area contributed by atoms with Crippen molar-refractivity contribution in [3.8, 4) is 5.75 Å². The van der Waals surface area contributed by atoms with Gasteiger partial charge in [0.05, 0.1) is 4.92 Å². The van der Waals surface area contributed by atoms with Gasteiger partial charge in [-0.1, -0.05) is 42.5 Å². The Balaban J connectivity index is 1.43. The number of carbonyl (C=O) groups excluding carboxylic acids is 1. The second kappa shape index (κ2) is 8.66. The molecule has 0 unspecified atom stereocenters. The van der Waals surface area contributed by atoms with Gasteiger partial charge in [-0.3, -0.25) is 14.9 Å². The van der Waals surface area contributed by atoms with E-state index in [4.69, 9.17) is 4.74 Å². The Bertz CT molecular complexity index is 959. The minimum absolute atomic E-state index is 0.00321. The SMILES string of the molecule is O=C(COc1ccc2ccccc2c1)NCCNc1ccccc1[N+](=O)[O-]. The molecule has 0 aliphatic heterocycles. The molecular weight excluding hydrogens is 346 g/mol. The fourth-order valence-corrected chi connectivity index (χ4v) is 2.64. The fraction of sp³-hybridized carbons (Fsp3) is 0.150. The van der Waals surface area contributed by atoms with E-state index in [9.17, 15) is 14.9 Å². The number of anilines is 1. The quantitative estimate of drug-likeness (QED) is 0.363. The summed E-state index contributed by atoms with van der Waals surface area (Å²) in [4.78, 5) is 22.4. The van der Waals surface area contributed by atoms with Crippen molar-refractivity contribution in [3.05, 3.63) is 76.8 Å². The van der Waals surface area contributed by atoms with E-state index in [1.54, 1.807) is 18.2 Å². The molecule has 0 saturated carbocycles. The number of hydrogen-bond acceptors (Lipinski definition) is 5. The lowest BCUT2D eigenvalue weighted by Crippen LogP contribution is -2.32. The van der Waals surface area contributed by atoms with E-state index in [-0.39, 0.29) is 18.2 Å². The van der Waals surface area contributed by atoms with E-state index in [1.807, 2.05) is 42.5 Å². The lowest BCUT2D eigenvalue weighted by atomic mass is 10.1. The maximum Gasteiger partial charge on any atom is 0.292 e. The average molecular weight is 365 g/mol. The zero-order valence-corrected chi connectivity index (χ0v) is 14.6. The van der Waals surface area contributed by atoms with Crippen LogP contribution in [0.5, 0.6) is 5.75 Å². The number of nitrogens with one attached hydrogen (secondary N) is 2. The number of para-hydroxylation sites is 2. The van der Waals surface area contributed by atoms with Crippen molar-refractivity contribution in [2.45, 2.75) is 0 Å². The first-order valence-electron chi connectivity index (χ1n) is 8.49. The Kier molecular flexibility index (Phi) is 5.84. The summed E-state index contributed by atoms with van der Waals surface area (Å²) in [6.45, 7) is 0.600. The molecule has 7 heteroatoms. The molecule has 0 aliphatic rings. The van der Waals surface area contributed by atoms with Gasteiger partial charge in [-0.15, -0.1) is 0 Å². The van der Waals surface area contributed by atoms with Crippen molar-refractivity contribution < 1.29 is 14.5 Å². The smallest absolute Gasteiger partial charge is 0.292 e. The molecule has 7 nitrogen and oxygen atoms in total. The second-order valence-corrected chi connectivity index (χ2v) is 5.85. The predicted octanol–water partition coefficient (Wildman–Crippen LogP) is 3.36. The summed E-state index contributed by atoms with van der Waals surface area (Å²) >= 11 is 0. The van der Waals surface area contributed by atoms with E-state index >= 15 is 0 Å². The number of carbonyl (C=O) groups is 1. The van der Waals surface area contributed by atoms with Crippen LogP contribution in [0.3, 0.4) is 0 Å². The number of benzene rings is 3. The van der Waals surface area contributed by atoms with Gasteiger partial charge in [0.15, 0.2) is 6.61 Å².